The first-order chi connectivity index (χ1) is 13.3. The lowest BCUT2D eigenvalue weighted by Crippen LogP contribution is -2.53. The molecule has 2 aliphatic rings. The lowest BCUT2D eigenvalue weighted by atomic mass is 10.0. The quantitative estimate of drug-likeness (QED) is 0.850. The Morgan fingerprint density at radius 3 is 2.46 bits per heavy atom. The van der Waals surface area contributed by atoms with Gasteiger partial charge in [-0.1, -0.05) is 23.7 Å². The van der Waals surface area contributed by atoms with Crippen LogP contribution in [0.3, 0.4) is 0 Å². The normalized spacial score (nSPS) is 18.6. The van der Waals surface area contributed by atoms with Gasteiger partial charge in [-0.05, 0) is 31.5 Å². The molecule has 2 aromatic rings. The molecule has 0 aliphatic carbocycles. The Morgan fingerprint density at radius 1 is 1.14 bits per heavy atom. The van der Waals surface area contributed by atoms with Crippen LogP contribution in [0.2, 0.25) is 5.02 Å². The molecule has 0 spiro atoms. The van der Waals surface area contributed by atoms with E-state index >= 15 is 0 Å². The molecule has 0 atom stereocenters. The maximum Gasteiger partial charge on any atom is 0.271 e. The molecule has 7 heteroatoms. The third kappa shape index (κ3) is 3.54. The maximum absolute atomic E-state index is 14.5. The molecule has 1 N–H and O–H groups in total. The fraction of sp³-hybridized carbons (Fsp3) is 0.381. The number of ether oxygens (including phenoxy) is 1. The van der Waals surface area contributed by atoms with E-state index in [1.807, 2.05) is 12.1 Å². The predicted octanol–water partition coefficient (Wildman–Crippen LogP) is 3.59. The Bertz CT molecular complexity index is 895. The maximum atomic E-state index is 14.5. The molecule has 5 nitrogen and oxygen atoms in total. The lowest BCUT2D eigenvalue weighted by Gasteiger charge is -2.41. The summed E-state index contributed by atoms with van der Waals surface area (Å²) in [7, 11) is 0. The first-order valence-corrected chi connectivity index (χ1v) is 9.77. The molecule has 0 bridgehead atoms. The summed E-state index contributed by atoms with van der Waals surface area (Å²) in [6.45, 7) is 6.97. The first-order valence-electron chi connectivity index (χ1n) is 9.40. The second-order valence-corrected chi connectivity index (χ2v) is 8.08. The van der Waals surface area contributed by atoms with E-state index < -0.39 is 5.60 Å². The monoisotopic (exact) mass is 403 g/mol. The van der Waals surface area contributed by atoms with Crippen molar-refractivity contribution in [3.8, 4) is 5.75 Å². The van der Waals surface area contributed by atoms with Gasteiger partial charge in [-0.25, -0.2) is 4.39 Å². The Balaban J connectivity index is 1.79. The summed E-state index contributed by atoms with van der Waals surface area (Å²) in [5.41, 5.74) is 1.03. The van der Waals surface area contributed by atoms with Crippen molar-refractivity contribution in [2.45, 2.75) is 26.0 Å². The SMILES string of the molecule is CC1(C)Oc2c(N3CCNCC3)cc(F)cc2N(Cc2ccc(Cl)cc2)C1=O. The summed E-state index contributed by atoms with van der Waals surface area (Å²) < 4.78 is 20.7. The summed E-state index contributed by atoms with van der Waals surface area (Å²) in [6, 6.07) is 10.2. The van der Waals surface area contributed by atoms with Gasteiger partial charge in [0.2, 0.25) is 0 Å². The zero-order valence-corrected chi connectivity index (χ0v) is 16.7. The predicted molar refractivity (Wildman–Crippen MR) is 109 cm³/mol. The van der Waals surface area contributed by atoms with Gasteiger partial charge in [0.1, 0.15) is 5.82 Å². The van der Waals surface area contributed by atoms with Crippen molar-refractivity contribution >= 4 is 28.9 Å². The van der Waals surface area contributed by atoms with E-state index in [9.17, 15) is 9.18 Å². The minimum Gasteiger partial charge on any atom is -0.474 e. The van der Waals surface area contributed by atoms with Gasteiger partial charge in [-0.3, -0.25) is 4.79 Å². The van der Waals surface area contributed by atoms with E-state index in [0.29, 0.717) is 28.7 Å². The average molecular weight is 404 g/mol. The van der Waals surface area contributed by atoms with Crippen LogP contribution in [-0.2, 0) is 11.3 Å². The van der Waals surface area contributed by atoms with Crippen molar-refractivity contribution in [1.82, 2.24) is 5.32 Å². The Morgan fingerprint density at radius 2 is 1.79 bits per heavy atom. The summed E-state index contributed by atoms with van der Waals surface area (Å²) in [4.78, 5) is 16.8. The van der Waals surface area contributed by atoms with Crippen LogP contribution in [0.15, 0.2) is 36.4 Å². The Kier molecular flexibility index (Phi) is 4.93. The minimum absolute atomic E-state index is 0.202. The second kappa shape index (κ2) is 7.26. The molecule has 1 fully saturated rings. The molecule has 1 amide bonds. The zero-order valence-electron chi connectivity index (χ0n) is 16.0. The van der Waals surface area contributed by atoms with Crippen molar-refractivity contribution in [2.24, 2.45) is 0 Å². The van der Waals surface area contributed by atoms with Gasteiger partial charge in [0.25, 0.3) is 5.91 Å². The summed E-state index contributed by atoms with van der Waals surface area (Å²) >= 11 is 5.98. The van der Waals surface area contributed by atoms with E-state index in [1.165, 1.54) is 12.1 Å². The van der Waals surface area contributed by atoms with Crippen molar-refractivity contribution in [1.29, 1.82) is 0 Å². The molecule has 28 heavy (non-hydrogen) atoms. The van der Waals surface area contributed by atoms with E-state index in [0.717, 1.165) is 31.7 Å². The number of benzene rings is 2. The molecular weight excluding hydrogens is 381 g/mol. The standard InChI is InChI=1S/C21H23ClFN3O2/c1-21(2)20(27)26(13-14-3-5-15(22)6-4-14)18-12-16(23)11-17(19(18)28-21)25-9-7-24-8-10-25/h3-6,11-12,24H,7-10,13H2,1-2H3. The summed E-state index contributed by atoms with van der Waals surface area (Å²) in [6.07, 6.45) is 0. The van der Waals surface area contributed by atoms with E-state index in [2.05, 4.69) is 10.2 Å². The van der Waals surface area contributed by atoms with Crippen LogP contribution in [0.5, 0.6) is 5.75 Å². The number of piperazine rings is 1. The molecule has 0 aromatic heterocycles. The van der Waals surface area contributed by atoms with Gasteiger partial charge in [0.15, 0.2) is 11.4 Å². The number of anilines is 2. The number of carbonyl (C=O) groups is 1. The van der Waals surface area contributed by atoms with Crippen molar-refractivity contribution < 1.29 is 13.9 Å². The number of hydrogen-bond acceptors (Lipinski definition) is 4. The molecule has 148 valence electrons. The van der Waals surface area contributed by atoms with Crippen LogP contribution in [0.4, 0.5) is 15.8 Å². The highest BCUT2D eigenvalue weighted by Gasteiger charge is 2.43. The number of nitrogens with zero attached hydrogens (tertiary/aromatic N) is 2. The molecule has 0 saturated carbocycles. The van der Waals surface area contributed by atoms with Crippen LogP contribution in [0.25, 0.3) is 0 Å². The number of nitrogens with one attached hydrogen (secondary N) is 1. The van der Waals surface area contributed by atoms with E-state index in [-0.39, 0.29) is 11.7 Å². The van der Waals surface area contributed by atoms with Gasteiger partial charge < -0.3 is 19.9 Å². The lowest BCUT2D eigenvalue weighted by molar-refractivity contribution is -0.132. The molecule has 0 radical (unpaired) electrons. The third-order valence-corrected chi connectivity index (χ3v) is 5.39. The average Bonchev–Trinajstić information content (AvgIpc) is 2.68. The van der Waals surface area contributed by atoms with Crippen molar-refractivity contribution in [3.63, 3.8) is 0 Å². The van der Waals surface area contributed by atoms with Gasteiger partial charge in [0.05, 0.1) is 17.9 Å². The van der Waals surface area contributed by atoms with E-state index in [4.69, 9.17) is 16.3 Å². The van der Waals surface area contributed by atoms with Gasteiger partial charge in [-0.2, -0.15) is 0 Å². The first kappa shape index (κ1) is 19.0. The molecule has 4 rings (SSSR count). The number of halogens is 2. The number of rotatable bonds is 3. The number of carbonyl (C=O) groups excluding carboxylic acids is 1. The summed E-state index contributed by atoms with van der Waals surface area (Å²) in [5.74, 6) is -0.0295. The number of fused-ring (bicyclic) bond motifs is 1. The van der Waals surface area contributed by atoms with E-state index in [1.54, 1.807) is 30.9 Å². The highest BCUT2D eigenvalue weighted by Crippen LogP contribution is 2.45. The largest absolute Gasteiger partial charge is 0.474 e. The molecule has 1 saturated heterocycles. The highest BCUT2D eigenvalue weighted by molar-refractivity contribution is 6.30. The molecule has 2 aliphatic heterocycles. The molecular formula is C21H23ClFN3O2. The van der Waals surface area contributed by atoms with Gasteiger partial charge >= 0.3 is 0 Å². The smallest absolute Gasteiger partial charge is 0.271 e. The number of hydrogen-bond donors (Lipinski definition) is 1. The summed E-state index contributed by atoms with van der Waals surface area (Å²) in [5, 5.41) is 3.93. The third-order valence-electron chi connectivity index (χ3n) is 5.13. The fourth-order valence-corrected chi connectivity index (χ4v) is 3.80. The Hall–Kier alpha value is -2.31. The van der Waals surface area contributed by atoms with Crippen LogP contribution in [0.1, 0.15) is 19.4 Å². The van der Waals surface area contributed by atoms with Crippen LogP contribution in [-0.4, -0.2) is 37.7 Å². The zero-order chi connectivity index (χ0) is 19.9. The van der Waals surface area contributed by atoms with Gasteiger partial charge in [-0.15, -0.1) is 0 Å². The molecule has 2 aromatic carbocycles. The molecule has 2 heterocycles. The minimum atomic E-state index is -1.04. The highest BCUT2D eigenvalue weighted by atomic mass is 35.5. The van der Waals surface area contributed by atoms with Crippen molar-refractivity contribution in [3.05, 3.63) is 52.8 Å². The topological polar surface area (TPSA) is 44.8 Å². The van der Waals surface area contributed by atoms with Crippen LogP contribution >= 0.6 is 11.6 Å². The second-order valence-electron chi connectivity index (χ2n) is 7.64. The fourth-order valence-electron chi connectivity index (χ4n) is 3.67. The van der Waals surface area contributed by atoms with Crippen LogP contribution < -0.4 is 19.9 Å². The Labute approximate surface area is 169 Å². The van der Waals surface area contributed by atoms with Crippen LogP contribution in [0, 0.1) is 5.82 Å². The van der Waals surface area contributed by atoms with Crippen molar-refractivity contribution in [2.75, 3.05) is 36.0 Å². The number of amides is 1. The van der Waals surface area contributed by atoms with Gasteiger partial charge in [0, 0.05) is 43.3 Å². The molecule has 0 unspecified atom stereocenters.